The van der Waals surface area contributed by atoms with Crippen molar-refractivity contribution in [2.75, 3.05) is 20.3 Å². The van der Waals surface area contributed by atoms with Gasteiger partial charge in [0.25, 0.3) is 0 Å². The number of methoxy groups -OCH3 is 1. The zero-order chi connectivity index (χ0) is 13.5. The summed E-state index contributed by atoms with van der Waals surface area (Å²) in [4.78, 5) is 10.6. The summed E-state index contributed by atoms with van der Waals surface area (Å²) in [5.41, 5.74) is 0.251. The number of benzene rings is 1. The molecule has 0 aliphatic carbocycles. The number of hydrogen-bond donors (Lipinski definition) is 3. The van der Waals surface area contributed by atoms with Crippen molar-refractivity contribution in [3.63, 3.8) is 0 Å². The van der Waals surface area contributed by atoms with Crippen molar-refractivity contribution in [3.8, 4) is 0 Å². The lowest BCUT2D eigenvalue weighted by molar-refractivity contribution is 0.0692. The molecule has 0 spiro atoms. The van der Waals surface area contributed by atoms with E-state index in [1.165, 1.54) is 19.2 Å². The Hall–Kier alpha value is -1.50. The van der Waals surface area contributed by atoms with Crippen molar-refractivity contribution in [2.24, 2.45) is 0 Å². The average molecular weight is 257 g/mol. The molecule has 0 saturated carbocycles. The van der Waals surface area contributed by atoms with E-state index in [1.54, 1.807) is 0 Å². The molecule has 0 amide bonds. The minimum atomic E-state index is -1.29. The van der Waals surface area contributed by atoms with Crippen LogP contribution in [0.25, 0.3) is 0 Å². The second-order valence-corrected chi connectivity index (χ2v) is 3.84. The topological polar surface area (TPSA) is 78.8 Å². The number of halogens is 1. The molecule has 0 heterocycles. The predicted octanol–water partition coefficient (Wildman–Crippen LogP) is 0.621. The summed E-state index contributed by atoms with van der Waals surface area (Å²) in [6.45, 7) is 0.571. The van der Waals surface area contributed by atoms with Crippen LogP contribution < -0.4 is 5.32 Å². The SMILES string of the molecule is COCC(CO)NCc1ccc(C(=O)O)c(F)c1. The molecule has 0 aliphatic heterocycles. The Morgan fingerprint density at radius 1 is 1.56 bits per heavy atom. The number of aliphatic hydroxyl groups is 1. The van der Waals surface area contributed by atoms with Gasteiger partial charge in [-0.1, -0.05) is 6.07 Å². The zero-order valence-corrected chi connectivity index (χ0v) is 10.0. The van der Waals surface area contributed by atoms with Crippen molar-refractivity contribution >= 4 is 5.97 Å². The summed E-state index contributed by atoms with van der Waals surface area (Å²) < 4.78 is 18.3. The van der Waals surface area contributed by atoms with Crippen LogP contribution >= 0.6 is 0 Å². The molecular formula is C12H16FNO4. The summed E-state index contributed by atoms with van der Waals surface area (Å²) in [5.74, 6) is -2.06. The Morgan fingerprint density at radius 2 is 2.28 bits per heavy atom. The first-order valence-corrected chi connectivity index (χ1v) is 5.43. The van der Waals surface area contributed by atoms with Crippen LogP contribution in [0.1, 0.15) is 15.9 Å². The van der Waals surface area contributed by atoms with Crippen LogP contribution in [0.15, 0.2) is 18.2 Å². The van der Waals surface area contributed by atoms with Crippen molar-refractivity contribution < 1.29 is 24.1 Å². The number of hydrogen-bond acceptors (Lipinski definition) is 4. The third-order valence-electron chi connectivity index (χ3n) is 2.45. The molecule has 0 aromatic heterocycles. The highest BCUT2D eigenvalue weighted by molar-refractivity contribution is 5.87. The van der Waals surface area contributed by atoms with Gasteiger partial charge in [0.1, 0.15) is 5.82 Å². The first-order valence-electron chi connectivity index (χ1n) is 5.43. The monoisotopic (exact) mass is 257 g/mol. The predicted molar refractivity (Wildman–Crippen MR) is 62.9 cm³/mol. The molecule has 0 fully saturated rings. The summed E-state index contributed by atoms with van der Waals surface area (Å²) in [7, 11) is 1.52. The number of rotatable bonds is 7. The molecule has 0 bridgehead atoms. The highest BCUT2D eigenvalue weighted by Gasteiger charge is 2.11. The standard InChI is InChI=1S/C12H16FNO4/c1-18-7-9(6-15)14-5-8-2-3-10(12(16)17)11(13)4-8/h2-4,9,14-15H,5-7H2,1H3,(H,16,17). The van der Waals surface area contributed by atoms with Gasteiger partial charge in [0, 0.05) is 13.7 Å². The lowest BCUT2D eigenvalue weighted by Gasteiger charge is -2.15. The fourth-order valence-corrected chi connectivity index (χ4v) is 1.48. The second kappa shape index (κ2) is 7.05. The first kappa shape index (κ1) is 14.6. The van der Waals surface area contributed by atoms with Crippen LogP contribution in [-0.4, -0.2) is 42.5 Å². The van der Waals surface area contributed by atoms with Gasteiger partial charge in [0.2, 0.25) is 0 Å². The summed E-state index contributed by atoms with van der Waals surface area (Å²) >= 11 is 0. The maximum Gasteiger partial charge on any atom is 0.338 e. The van der Waals surface area contributed by atoms with E-state index < -0.39 is 11.8 Å². The van der Waals surface area contributed by atoms with Gasteiger partial charge in [0.15, 0.2) is 0 Å². The fourth-order valence-electron chi connectivity index (χ4n) is 1.48. The third kappa shape index (κ3) is 4.06. The molecule has 100 valence electrons. The quantitative estimate of drug-likeness (QED) is 0.667. The lowest BCUT2D eigenvalue weighted by Crippen LogP contribution is -2.35. The molecule has 1 aromatic rings. The van der Waals surface area contributed by atoms with E-state index in [9.17, 15) is 9.18 Å². The number of nitrogens with one attached hydrogen (secondary N) is 1. The van der Waals surface area contributed by atoms with E-state index in [-0.39, 0.29) is 18.2 Å². The number of carboxylic acid groups (broad SMARTS) is 1. The summed E-state index contributed by atoms with van der Waals surface area (Å²) in [6, 6.07) is 3.68. The van der Waals surface area contributed by atoms with Gasteiger partial charge in [-0.3, -0.25) is 0 Å². The molecule has 0 saturated heterocycles. The van der Waals surface area contributed by atoms with Crippen LogP contribution in [0, 0.1) is 5.82 Å². The summed E-state index contributed by atoms with van der Waals surface area (Å²) in [5, 5.41) is 20.7. The van der Waals surface area contributed by atoms with Crippen LogP contribution in [0.5, 0.6) is 0 Å². The molecule has 6 heteroatoms. The number of aromatic carboxylic acids is 1. The number of aliphatic hydroxyl groups excluding tert-OH is 1. The lowest BCUT2D eigenvalue weighted by atomic mass is 10.1. The van der Waals surface area contributed by atoms with E-state index in [0.29, 0.717) is 18.7 Å². The molecule has 5 nitrogen and oxygen atoms in total. The Morgan fingerprint density at radius 3 is 2.78 bits per heavy atom. The van der Waals surface area contributed by atoms with Crippen LogP contribution in [0.4, 0.5) is 4.39 Å². The average Bonchev–Trinajstić information content (AvgIpc) is 2.34. The molecule has 3 N–H and O–H groups in total. The largest absolute Gasteiger partial charge is 0.478 e. The molecule has 1 atom stereocenters. The van der Waals surface area contributed by atoms with E-state index in [2.05, 4.69) is 5.32 Å². The second-order valence-electron chi connectivity index (χ2n) is 3.84. The van der Waals surface area contributed by atoms with Gasteiger partial charge in [0.05, 0.1) is 24.8 Å². The van der Waals surface area contributed by atoms with Crippen molar-refractivity contribution in [3.05, 3.63) is 35.1 Å². The van der Waals surface area contributed by atoms with Crippen LogP contribution in [0.3, 0.4) is 0 Å². The molecule has 0 radical (unpaired) electrons. The Bertz CT molecular complexity index is 411. The van der Waals surface area contributed by atoms with E-state index in [0.717, 1.165) is 6.07 Å². The van der Waals surface area contributed by atoms with Gasteiger partial charge in [-0.25, -0.2) is 9.18 Å². The Labute approximate surface area is 104 Å². The normalized spacial score (nSPS) is 12.4. The Balaban J connectivity index is 2.63. The smallest absolute Gasteiger partial charge is 0.338 e. The van der Waals surface area contributed by atoms with E-state index in [1.807, 2.05) is 0 Å². The molecule has 0 aliphatic rings. The van der Waals surface area contributed by atoms with Crippen molar-refractivity contribution in [1.29, 1.82) is 0 Å². The van der Waals surface area contributed by atoms with Crippen molar-refractivity contribution in [1.82, 2.24) is 5.32 Å². The number of carboxylic acids is 1. The molecule has 18 heavy (non-hydrogen) atoms. The van der Waals surface area contributed by atoms with Gasteiger partial charge in [-0.15, -0.1) is 0 Å². The fraction of sp³-hybridized carbons (Fsp3) is 0.417. The Kier molecular flexibility index (Phi) is 5.70. The maximum absolute atomic E-state index is 13.4. The third-order valence-corrected chi connectivity index (χ3v) is 2.45. The van der Waals surface area contributed by atoms with Crippen molar-refractivity contribution in [2.45, 2.75) is 12.6 Å². The maximum atomic E-state index is 13.4. The summed E-state index contributed by atoms with van der Waals surface area (Å²) in [6.07, 6.45) is 0. The number of carbonyl (C=O) groups is 1. The zero-order valence-electron chi connectivity index (χ0n) is 10.0. The highest BCUT2D eigenvalue weighted by atomic mass is 19.1. The molecule has 1 unspecified atom stereocenters. The van der Waals surface area contributed by atoms with Gasteiger partial charge in [-0.2, -0.15) is 0 Å². The van der Waals surface area contributed by atoms with Crippen LogP contribution in [-0.2, 0) is 11.3 Å². The highest BCUT2D eigenvalue weighted by Crippen LogP contribution is 2.10. The first-order chi connectivity index (χ1) is 8.58. The molecule has 1 aromatic carbocycles. The van der Waals surface area contributed by atoms with E-state index in [4.69, 9.17) is 14.9 Å². The molecule has 1 rings (SSSR count). The minimum Gasteiger partial charge on any atom is -0.478 e. The van der Waals surface area contributed by atoms with Crippen LogP contribution in [0.2, 0.25) is 0 Å². The van der Waals surface area contributed by atoms with Gasteiger partial charge < -0.3 is 20.3 Å². The number of ether oxygens (including phenoxy) is 1. The molecular weight excluding hydrogens is 241 g/mol. The van der Waals surface area contributed by atoms with Gasteiger partial charge in [-0.05, 0) is 17.7 Å². The minimum absolute atomic E-state index is 0.0937. The van der Waals surface area contributed by atoms with E-state index >= 15 is 0 Å². The van der Waals surface area contributed by atoms with Gasteiger partial charge >= 0.3 is 5.97 Å².